The summed E-state index contributed by atoms with van der Waals surface area (Å²) in [6, 6.07) is 0. The van der Waals surface area contributed by atoms with Crippen molar-refractivity contribution in [1.82, 2.24) is 19.3 Å². The minimum Gasteiger partial charge on any atom is -0.319 e. The molecule has 2 aromatic rings. The lowest BCUT2D eigenvalue weighted by molar-refractivity contribution is 0.750. The lowest BCUT2D eigenvalue weighted by Crippen LogP contribution is -2.02. The van der Waals surface area contributed by atoms with Crippen molar-refractivity contribution in [3.63, 3.8) is 0 Å². The number of imidazole rings is 1. The first-order valence-corrected chi connectivity index (χ1v) is 4.24. The lowest BCUT2D eigenvalue weighted by atomic mass is 10.7. The van der Waals surface area contributed by atoms with Crippen LogP contribution in [0.1, 0.15) is 0 Å². The molecule has 0 N–H and O–H groups in total. The summed E-state index contributed by atoms with van der Waals surface area (Å²) >= 11 is 3.32. The number of nitrogens with zero attached hydrogens (tertiary/aromatic N) is 4. The summed E-state index contributed by atoms with van der Waals surface area (Å²) < 4.78 is 4.56. The maximum Gasteiger partial charge on any atom is 0.230 e. The van der Waals surface area contributed by atoms with Gasteiger partial charge >= 0.3 is 0 Å². The average Bonchev–Trinajstić information content (AvgIpc) is 2.58. The highest BCUT2D eigenvalue weighted by Gasteiger charge is 2.02. The number of hydrogen-bond acceptors (Lipinski definition) is 2. The molecule has 0 aliphatic carbocycles. The Labute approximate surface area is 78.0 Å². The molecule has 0 fully saturated rings. The summed E-state index contributed by atoms with van der Waals surface area (Å²) in [7, 11) is 1.93. The van der Waals surface area contributed by atoms with Crippen molar-refractivity contribution in [2.24, 2.45) is 7.05 Å². The van der Waals surface area contributed by atoms with Gasteiger partial charge in [0.15, 0.2) is 0 Å². The Morgan fingerprint density at radius 1 is 1.50 bits per heavy atom. The molecular weight excluding hydrogens is 220 g/mol. The maximum atomic E-state index is 4.14. The van der Waals surface area contributed by atoms with Crippen molar-refractivity contribution in [2.75, 3.05) is 0 Å². The molecule has 0 spiro atoms. The van der Waals surface area contributed by atoms with Crippen LogP contribution >= 0.6 is 15.9 Å². The Balaban J connectivity index is 2.50. The molecule has 2 heterocycles. The Hall–Kier alpha value is -1.10. The second-order valence-corrected chi connectivity index (χ2v) is 3.36. The van der Waals surface area contributed by atoms with E-state index in [2.05, 4.69) is 26.0 Å². The third kappa shape index (κ3) is 1.16. The molecule has 2 aromatic heterocycles. The van der Waals surface area contributed by atoms with Crippen LogP contribution in [0.25, 0.3) is 5.95 Å². The van der Waals surface area contributed by atoms with Crippen molar-refractivity contribution in [1.29, 1.82) is 0 Å². The molecule has 2 rings (SSSR count). The number of rotatable bonds is 1. The standard InChI is InChI=1S/C7H7BrN4/c1-11-3-2-9-7(11)12-5-6(8)4-10-12/h2-5H,1H3. The minimum atomic E-state index is 0.806. The summed E-state index contributed by atoms with van der Waals surface area (Å²) in [5.74, 6) is 0.806. The summed E-state index contributed by atoms with van der Waals surface area (Å²) in [6.45, 7) is 0. The van der Waals surface area contributed by atoms with Gasteiger partial charge in [0, 0.05) is 25.6 Å². The zero-order valence-corrected chi connectivity index (χ0v) is 8.06. The second kappa shape index (κ2) is 2.75. The van der Waals surface area contributed by atoms with Crippen LogP contribution in [-0.2, 0) is 7.05 Å². The highest BCUT2D eigenvalue weighted by atomic mass is 79.9. The topological polar surface area (TPSA) is 35.6 Å². The Morgan fingerprint density at radius 3 is 2.83 bits per heavy atom. The van der Waals surface area contributed by atoms with Crippen molar-refractivity contribution in [3.05, 3.63) is 29.3 Å². The van der Waals surface area contributed by atoms with E-state index < -0.39 is 0 Å². The predicted molar refractivity (Wildman–Crippen MR) is 48.0 cm³/mol. The Bertz CT molecular complexity index is 390. The van der Waals surface area contributed by atoms with Gasteiger partial charge in [0.2, 0.25) is 5.95 Å². The van der Waals surface area contributed by atoms with Crippen LogP contribution in [0.5, 0.6) is 0 Å². The SMILES string of the molecule is Cn1ccnc1-n1cc(Br)cn1. The quantitative estimate of drug-likeness (QED) is 0.737. The van der Waals surface area contributed by atoms with Gasteiger partial charge in [0.25, 0.3) is 0 Å². The highest BCUT2D eigenvalue weighted by Crippen LogP contribution is 2.09. The Kier molecular flexibility index (Phi) is 1.73. The van der Waals surface area contributed by atoms with E-state index >= 15 is 0 Å². The molecule has 4 nitrogen and oxygen atoms in total. The Morgan fingerprint density at radius 2 is 2.33 bits per heavy atom. The molecule has 0 radical (unpaired) electrons. The number of aromatic nitrogens is 4. The van der Waals surface area contributed by atoms with Gasteiger partial charge in [-0.2, -0.15) is 5.10 Å². The fourth-order valence-electron chi connectivity index (χ4n) is 0.989. The normalized spacial score (nSPS) is 10.5. The van der Waals surface area contributed by atoms with Gasteiger partial charge in [-0.05, 0) is 15.9 Å². The van der Waals surface area contributed by atoms with Crippen molar-refractivity contribution in [2.45, 2.75) is 0 Å². The van der Waals surface area contributed by atoms with E-state index in [1.54, 1.807) is 17.1 Å². The van der Waals surface area contributed by atoms with Crippen LogP contribution in [0.3, 0.4) is 0 Å². The van der Waals surface area contributed by atoms with Crippen molar-refractivity contribution >= 4 is 15.9 Å². The lowest BCUT2D eigenvalue weighted by Gasteiger charge is -1.98. The number of hydrogen-bond donors (Lipinski definition) is 0. The largest absolute Gasteiger partial charge is 0.319 e. The van der Waals surface area contributed by atoms with E-state index in [4.69, 9.17) is 0 Å². The monoisotopic (exact) mass is 226 g/mol. The summed E-state index contributed by atoms with van der Waals surface area (Å²) in [5.41, 5.74) is 0. The van der Waals surface area contributed by atoms with Crippen LogP contribution in [0, 0.1) is 0 Å². The molecule has 0 bridgehead atoms. The molecule has 0 atom stereocenters. The molecule has 0 aliphatic rings. The molecule has 0 saturated heterocycles. The second-order valence-electron chi connectivity index (χ2n) is 2.44. The van der Waals surface area contributed by atoms with E-state index in [1.165, 1.54) is 0 Å². The molecule has 12 heavy (non-hydrogen) atoms. The van der Waals surface area contributed by atoms with E-state index in [-0.39, 0.29) is 0 Å². The molecule has 62 valence electrons. The summed E-state index contributed by atoms with van der Waals surface area (Å²) in [4.78, 5) is 4.14. The van der Waals surface area contributed by atoms with E-state index in [0.717, 1.165) is 10.4 Å². The third-order valence-corrected chi connectivity index (χ3v) is 1.96. The first kappa shape index (κ1) is 7.54. The maximum absolute atomic E-state index is 4.14. The van der Waals surface area contributed by atoms with Crippen molar-refractivity contribution < 1.29 is 0 Å². The molecule has 0 unspecified atom stereocenters. The minimum absolute atomic E-state index is 0.806. The zero-order valence-electron chi connectivity index (χ0n) is 6.48. The summed E-state index contributed by atoms with van der Waals surface area (Å²) in [5, 5.41) is 4.11. The molecule has 0 amide bonds. The van der Waals surface area contributed by atoms with E-state index in [9.17, 15) is 0 Å². The van der Waals surface area contributed by atoms with Crippen LogP contribution in [0.15, 0.2) is 29.3 Å². The van der Waals surface area contributed by atoms with Gasteiger partial charge in [-0.3, -0.25) is 0 Å². The third-order valence-electron chi connectivity index (χ3n) is 1.55. The first-order chi connectivity index (χ1) is 5.77. The van der Waals surface area contributed by atoms with Gasteiger partial charge in [0.05, 0.1) is 10.7 Å². The van der Waals surface area contributed by atoms with E-state index in [0.29, 0.717) is 0 Å². The van der Waals surface area contributed by atoms with Crippen molar-refractivity contribution in [3.8, 4) is 5.95 Å². The fraction of sp³-hybridized carbons (Fsp3) is 0.143. The summed E-state index contributed by atoms with van der Waals surface area (Å²) in [6.07, 6.45) is 7.22. The molecule has 0 saturated carbocycles. The van der Waals surface area contributed by atoms with Gasteiger partial charge in [0.1, 0.15) is 0 Å². The number of halogens is 1. The zero-order chi connectivity index (χ0) is 8.55. The molecular formula is C7H7BrN4. The fourth-order valence-corrected chi connectivity index (χ4v) is 1.27. The first-order valence-electron chi connectivity index (χ1n) is 3.45. The average molecular weight is 227 g/mol. The molecule has 5 heteroatoms. The van der Waals surface area contributed by atoms with Crippen LogP contribution in [0.4, 0.5) is 0 Å². The number of aryl methyl sites for hydroxylation is 1. The predicted octanol–water partition coefficient (Wildman–Crippen LogP) is 1.37. The van der Waals surface area contributed by atoms with E-state index in [1.807, 2.05) is 24.0 Å². The van der Waals surface area contributed by atoms with Crippen LogP contribution in [0.2, 0.25) is 0 Å². The van der Waals surface area contributed by atoms with Crippen LogP contribution in [-0.4, -0.2) is 19.3 Å². The van der Waals surface area contributed by atoms with Gasteiger partial charge in [-0.15, -0.1) is 0 Å². The van der Waals surface area contributed by atoms with Gasteiger partial charge in [-0.25, -0.2) is 9.67 Å². The van der Waals surface area contributed by atoms with Crippen LogP contribution < -0.4 is 0 Å². The van der Waals surface area contributed by atoms with Gasteiger partial charge in [-0.1, -0.05) is 0 Å². The van der Waals surface area contributed by atoms with Gasteiger partial charge < -0.3 is 4.57 Å². The smallest absolute Gasteiger partial charge is 0.230 e. The molecule has 0 aliphatic heterocycles. The molecule has 0 aromatic carbocycles. The highest BCUT2D eigenvalue weighted by molar-refractivity contribution is 9.10.